The Morgan fingerprint density at radius 3 is 2.67 bits per heavy atom. The molecular weight excluding hydrogens is 248 g/mol. The average molecular weight is 263 g/mol. The fourth-order valence-corrected chi connectivity index (χ4v) is 2.61. The van der Waals surface area contributed by atoms with Crippen molar-refractivity contribution in [3.63, 3.8) is 0 Å². The van der Waals surface area contributed by atoms with Gasteiger partial charge in [-0.15, -0.1) is 11.6 Å². The van der Waals surface area contributed by atoms with Gasteiger partial charge in [0.1, 0.15) is 0 Å². The second-order valence-corrected chi connectivity index (χ2v) is 5.17. The monoisotopic (exact) mass is 262 g/mol. The molecule has 0 heterocycles. The minimum Gasteiger partial charge on any atom is -0.352 e. The van der Waals surface area contributed by atoms with E-state index in [1.54, 1.807) is 24.3 Å². The Morgan fingerprint density at radius 2 is 2.11 bits per heavy atom. The van der Waals surface area contributed by atoms with Crippen molar-refractivity contribution in [3.8, 4) is 6.07 Å². The summed E-state index contributed by atoms with van der Waals surface area (Å²) in [5.41, 5.74) is 1.14. The quantitative estimate of drug-likeness (QED) is 0.852. The summed E-state index contributed by atoms with van der Waals surface area (Å²) in [6.07, 6.45) is 3.27. The molecule has 1 fully saturated rings. The van der Waals surface area contributed by atoms with Crippen molar-refractivity contribution in [1.29, 1.82) is 5.26 Å². The lowest BCUT2D eigenvalue weighted by atomic mass is 10.1. The third-order valence-corrected chi connectivity index (χ3v) is 3.94. The van der Waals surface area contributed by atoms with Crippen LogP contribution in [0.25, 0.3) is 0 Å². The maximum atomic E-state index is 11.9. The summed E-state index contributed by atoms with van der Waals surface area (Å²) >= 11 is 6.16. The molecule has 3 nitrogen and oxygen atoms in total. The highest BCUT2D eigenvalue weighted by Gasteiger charge is 2.25. The molecule has 1 aliphatic rings. The van der Waals surface area contributed by atoms with Crippen LogP contribution in [-0.2, 0) is 0 Å². The first-order valence-electron chi connectivity index (χ1n) is 6.13. The van der Waals surface area contributed by atoms with Crippen LogP contribution in [0, 0.1) is 17.2 Å². The second kappa shape index (κ2) is 5.88. The summed E-state index contributed by atoms with van der Waals surface area (Å²) < 4.78 is 0. The van der Waals surface area contributed by atoms with Crippen LogP contribution in [-0.4, -0.2) is 17.8 Å². The van der Waals surface area contributed by atoms with Gasteiger partial charge in [-0.3, -0.25) is 4.79 Å². The standard InChI is InChI=1S/C14H15ClN2O/c15-13-3-1-2-12(13)9-17-14(18)11-6-4-10(8-16)5-7-11/h4-7,12-13H,1-3,9H2,(H,17,18). The van der Waals surface area contributed by atoms with Crippen molar-refractivity contribution in [3.05, 3.63) is 35.4 Å². The van der Waals surface area contributed by atoms with Gasteiger partial charge >= 0.3 is 0 Å². The minimum absolute atomic E-state index is 0.102. The van der Waals surface area contributed by atoms with Gasteiger partial charge in [0, 0.05) is 17.5 Å². The van der Waals surface area contributed by atoms with E-state index in [0.29, 0.717) is 23.6 Å². The lowest BCUT2D eigenvalue weighted by Gasteiger charge is -2.14. The third kappa shape index (κ3) is 3.02. The highest BCUT2D eigenvalue weighted by Crippen LogP contribution is 2.29. The molecule has 0 aromatic heterocycles. The number of nitrogens with one attached hydrogen (secondary N) is 1. The maximum absolute atomic E-state index is 11.9. The molecule has 1 aromatic carbocycles. The smallest absolute Gasteiger partial charge is 0.251 e. The zero-order chi connectivity index (χ0) is 13.0. The fourth-order valence-electron chi connectivity index (χ4n) is 2.24. The van der Waals surface area contributed by atoms with E-state index in [9.17, 15) is 4.79 Å². The summed E-state index contributed by atoms with van der Waals surface area (Å²) in [6.45, 7) is 0.632. The molecule has 1 aromatic rings. The van der Waals surface area contributed by atoms with Gasteiger partial charge in [-0.2, -0.15) is 5.26 Å². The number of amides is 1. The lowest BCUT2D eigenvalue weighted by molar-refractivity contribution is 0.0947. The Hall–Kier alpha value is -1.53. The van der Waals surface area contributed by atoms with Gasteiger partial charge in [-0.25, -0.2) is 0 Å². The molecule has 0 aliphatic heterocycles. The molecule has 94 valence electrons. The summed E-state index contributed by atoms with van der Waals surface area (Å²) in [5, 5.41) is 11.8. The summed E-state index contributed by atoms with van der Waals surface area (Å²) in [7, 11) is 0. The van der Waals surface area contributed by atoms with Gasteiger partial charge < -0.3 is 5.32 Å². The number of benzene rings is 1. The lowest BCUT2D eigenvalue weighted by Crippen LogP contribution is -2.31. The second-order valence-electron chi connectivity index (χ2n) is 4.61. The van der Waals surface area contributed by atoms with E-state index in [1.165, 1.54) is 0 Å². The molecule has 4 heteroatoms. The van der Waals surface area contributed by atoms with E-state index < -0.39 is 0 Å². The predicted octanol–water partition coefficient (Wildman–Crippen LogP) is 2.70. The van der Waals surface area contributed by atoms with E-state index >= 15 is 0 Å². The van der Waals surface area contributed by atoms with Crippen molar-refractivity contribution < 1.29 is 4.79 Å². The van der Waals surface area contributed by atoms with Crippen molar-refractivity contribution in [2.24, 2.45) is 5.92 Å². The Balaban J connectivity index is 1.89. The molecule has 18 heavy (non-hydrogen) atoms. The number of rotatable bonds is 3. The average Bonchev–Trinajstić information content (AvgIpc) is 2.81. The largest absolute Gasteiger partial charge is 0.352 e. The SMILES string of the molecule is N#Cc1ccc(C(=O)NCC2CCCC2Cl)cc1. The third-order valence-electron chi connectivity index (χ3n) is 3.37. The van der Waals surface area contributed by atoms with Gasteiger partial charge in [0.25, 0.3) is 5.91 Å². The number of carbonyl (C=O) groups excluding carboxylic acids is 1. The molecule has 1 saturated carbocycles. The zero-order valence-electron chi connectivity index (χ0n) is 10.0. The number of halogens is 1. The van der Waals surface area contributed by atoms with E-state index in [-0.39, 0.29) is 11.3 Å². The Kier molecular flexibility index (Phi) is 4.22. The summed E-state index contributed by atoms with van der Waals surface area (Å²) in [6, 6.07) is 8.66. The van der Waals surface area contributed by atoms with Crippen LogP contribution < -0.4 is 5.32 Å². The van der Waals surface area contributed by atoms with Gasteiger partial charge in [0.15, 0.2) is 0 Å². The van der Waals surface area contributed by atoms with Crippen LogP contribution in [0.1, 0.15) is 35.2 Å². The highest BCUT2D eigenvalue weighted by atomic mass is 35.5. The minimum atomic E-state index is -0.102. The van der Waals surface area contributed by atoms with Crippen LogP contribution in [0.5, 0.6) is 0 Å². The number of carbonyl (C=O) groups is 1. The molecule has 0 saturated heterocycles. The fraction of sp³-hybridized carbons (Fsp3) is 0.429. The molecule has 0 radical (unpaired) electrons. The molecule has 0 bridgehead atoms. The molecule has 1 N–H and O–H groups in total. The normalized spacial score (nSPS) is 22.4. The van der Waals surface area contributed by atoms with E-state index in [1.807, 2.05) is 6.07 Å². The van der Waals surface area contributed by atoms with E-state index in [0.717, 1.165) is 19.3 Å². The van der Waals surface area contributed by atoms with Crippen LogP contribution in [0.15, 0.2) is 24.3 Å². The molecule has 1 aliphatic carbocycles. The first-order chi connectivity index (χ1) is 8.70. The summed E-state index contributed by atoms with van der Waals surface area (Å²) in [4.78, 5) is 11.9. The van der Waals surface area contributed by atoms with Gasteiger partial charge in [-0.05, 0) is 43.0 Å². The van der Waals surface area contributed by atoms with Gasteiger partial charge in [0.05, 0.1) is 11.6 Å². The van der Waals surface area contributed by atoms with E-state index in [2.05, 4.69) is 5.32 Å². The number of nitrogens with zero attached hydrogens (tertiary/aromatic N) is 1. The summed E-state index contributed by atoms with van der Waals surface area (Å²) in [5.74, 6) is 0.282. The van der Waals surface area contributed by atoms with Crippen LogP contribution in [0.4, 0.5) is 0 Å². The number of hydrogen-bond donors (Lipinski definition) is 1. The van der Waals surface area contributed by atoms with E-state index in [4.69, 9.17) is 16.9 Å². The first kappa shape index (κ1) is 12.9. The van der Waals surface area contributed by atoms with Gasteiger partial charge in [-0.1, -0.05) is 6.42 Å². The zero-order valence-corrected chi connectivity index (χ0v) is 10.8. The number of hydrogen-bond acceptors (Lipinski definition) is 2. The van der Waals surface area contributed by atoms with Crippen molar-refractivity contribution in [2.75, 3.05) is 6.54 Å². The highest BCUT2D eigenvalue weighted by molar-refractivity contribution is 6.21. The molecule has 2 rings (SSSR count). The number of alkyl halides is 1. The Labute approximate surface area is 112 Å². The van der Waals surface area contributed by atoms with Crippen LogP contribution >= 0.6 is 11.6 Å². The van der Waals surface area contributed by atoms with Crippen molar-refractivity contribution >= 4 is 17.5 Å². The van der Waals surface area contributed by atoms with Gasteiger partial charge in [0.2, 0.25) is 0 Å². The maximum Gasteiger partial charge on any atom is 0.251 e. The topological polar surface area (TPSA) is 52.9 Å². The van der Waals surface area contributed by atoms with Crippen molar-refractivity contribution in [1.82, 2.24) is 5.32 Å². The Morgan fingerprint density at radius 1 is 1.39 bits per heavy atom. The molecule has 1 amide bonds. The molecular formula is C14H15ClN2O. The first-order valence-corrected chi connectivity index (χ1v) is 6.57. The van der Waals surface area contributed by atoms with Crippen LogP contribution in [0.3, 0.4) is 0 Å². The number of nitriles is 1. The Bertz CT molecular complexity index is 464. The van der Waals surface area contributed by atoms with Crippen LogP contribution in [0.2, 0.25) is 0 Å². The molecule has 0 spiro atoms. The molecule has 2 atom stereocenters. The molecule has 2 unspecified atom stereocenters. The van der Waals surface area contributed by atoms with Crippen molar-refractivity contribution in [2.45, 2.75) is 24.6 Å². The predicted molar refractivity (Wildman–Crippen MR) is 70.5 cm³/mol.